The Kier molecular flexibility index (Phi) is 4.20. The molecule has 1 atom stereocenters. The highest BCUT2D eigenvalue weighted by atomic mass is 79.9. The number of halogens is 1. The number of nitrogens with zero attached hydrogens (tertiary/aromatic N) is 1. The normalized spacial score (nSPS) is 11.9. The Balaban J connectivity index is 2.13. The van der Waals surface area contributed by atoms with Crippen LogP contribution in [-0.2, 0) is 0 Å². The van der Waals surface area contributed by atoms with Crippen molar-refractivity contribution in [2.24, 2.45) is 0 Å². The van der Waals surface area contributed by atoms with E-state index in [1.807, 2.05) is 24.3 Å². The number of aromatic nitrogens is 1. The summed E-state index contributed by atoms with van der Waals surface area (Å²) in [6.07, 6.45) is 1.73. The van der Waals surface area contributed by atoms with E-state index < -0.39 is 0 Å². The van der Waals surface area contributed by atoms with Crippen LogP contribution in [0.2, 0.25) is 0 Å². The Morgan fingerprint density at radius 2 is 2.11 bits per heavy atom. The van der Waals surface area contributed by atoms with Gasteiger partial charge in [0.15, 0.2) is 0 Å². The summed E-state index contributed by atoms with van der Waals surface area (Å²) < 4.78 is 6.19. The van der Waals surface area contributed by atoms with Gasteiger partial charge in [-0.15, -0.1) is 0 Å². The van der Waals surface area contributed by atoms with Gasteiger partial charge in [-0.3, -0.25) is 0 Å². The number of anilines is 1. The van der Waals surface area contributed by atoms with Gasteiger partial charge in [0.25, 0.3) is 0 Å². The lowest BCUT2D eigenvalue weighted by atomic mass is 10.1. The highest BCUT2D eigenvalue weighted by molar-refractivity contribution is 9.10. The molecule has 1 N–H and O–H groups in total. The van der Waals surface area contributed by atoms with Crippen molar-refractivity contribution in [1.82, 2.24) is 4.98 Å². The molecule has 0 saturated carbocycles. The van der Waals surface area contributed by atoms with Gasteiger partial charge in [0, 0.05) is 28.5 Å². The molecule has 4 heteroatoms. The second-order valence-electron chi connectivity index (χ2n) is 4.01. The minimum atomic E-state index is 0.217. The first kappa shape index (κ1) is 12.9. The van der Waals surface area contributed by atoms with E-state index in [-0.39, 0.29) is 6.04 Å². The molecule has 1 aromatic heterocycles. The molecule has 0 saturated heterocycles. The lowest BCUT2D eigenvalue weighted by Gasteiger charge is -2.16. The molecule has 1 heterocycles. The maximum absolute atomic E-state index is 5.10. The molecule has 0 aliphatic heterocycles. The van der Waals surface area contributed by atoms with E-state index in [2.05, 4.69) is 45.3 Å². The van der Waals surface area contributed by atoms with Crippen molar-refractivity contribution in [3.05, 3.63) is 52.6 Å². The fourth-order valence-corrected chi connectivity index (χ4v) is 2.14. The van der Waals surface area contributed by atoms with Crippen molar-refractivity contribution in [3.63, 3.8) is 0 Å². The minimum absolute atomic E-state index is 0.217. The maximum Gasteiger partial charge on any atom is 0.214 e. The quantitative estimate of drug-likeness (QED) is 0.926. The molecule has 94 valence electrons. The number of rotatable bonds is 4. The molecule has 0 amide bonds. The highest BCUT2D eigenvalue weighted by Gasteiger charge is 2.06. The molecule has 3 nitrogen and oxygen atoms in total. The van der Waals surface area contributed by atoms with Crippen LogP contribution in [0.15, 0.2) is 47.1 Å². The Labute approximate surface area is 115 Å². The number of hydrogen-bond donors (Lipinski definition) is 1. The van der Waals surface area contributed by atoms with Crippen LogP contribution in [-0.4, -0.2) is 12.1 Å². The Morgan fingerprint density at radius 3 is 2.83 bits per heavy atom. The summed E-state index contributed by atoms with van der Waals surface area (Å²) in [5.41, 5.74) is 2.22. The van der Waals surface area contributed by atoms with E-state index in [0.717, 1.165) is 10.2 Å². The topological polar surface area (TPSA) is 34.1 Å². The number of pyridine rings is 1. The molecule has 18 heavy (non-hydrogen) atoms. The summed E-state index contributed by atoms with van der Waals surface area (Å²) in [6.45, 7) is 2.12. The molecular formula is C14H15BrN2O. The lowest BCUT2D eigenvalue weighted by molar-refractivity contribution is 0.398. The van der Waals surface area contributed by atoms with Crippen molar-refractivity contribution < 1.29 is 4.74 Å². The van der Waals surface area contributed by atoms with Gasteiger partial charge >= 0.3 is 0 Å². The molecule has 0 radical (unpaired) electrons. The molecule has 0 aliphatic rings. The summed E-state index contributed by atoms with van der Waals surface area (Å²) >= 11 is 3.48. The fourth-order valence-electron chi connectivity index (χ4n) is 1.72. The van der Waals surface area contributed by atoms with Crippen LogP contribution in [0.25, 0.3) is 0 Å². The third-order valence-corrected chi connectivity index (χ3v) is 3.17. The van der Waals surface area contributed by atoms with E-state index in [0.29, 0.717) is 5.88 Å². The standard InChI is InChI=1S/C14H15BrN2O/c1-10(11-4-3-5-12(15)8-11)17-13-6-7-16-14(9-13)18-2/h3-10H,1-2H3,(H,16,17). The summed E-state index contributed by atoms with van der Waals surface area (Å²) in [6, 6.07) is 12.3. The molecule has 2 rings (SSSR count). The maximum atomic E-state index is 5.10. The third kappa shape index (κ3) is 3.23. The zero-order chi connectivity index (χ0) is 13.0. The van der Waals surface area contributed by atoms with Crippen molar-refractivity contribution in [2.75, 3.05) is 12.4 Å². The van der Waals surface area contributed by atoms with E-state index >= 15 is 0 Å². The zero-order valence-corrected chi connectivity index (χ0v) is 11.9. The number of ether oxygens (including phenoxy) is 1. The summed E-state index contributed by atoms with van der Waals surface area (Å²) in [5, 5.41) is 3.42. The van der Waals surface area contributed by atoms with E-state index in [4.69, 9.17) is 4.74 Å². The number of nitrogens with one attached hydrogen (secondary N) is 1. The van der Waals surface area contributed by atoms with Gasteiger partial charge in [-0.25, -0.2) is 4.98 Å². The lowest BCUT2D eigenvalue weighted by Crippen LogP contribution is -2.06. The van der Waals surface area contributed by atoms with Crippen molar-refractivity contribution in [2.45, 2.75) is 13.0 Å². The Bertz CT molecular complexity index is 531. The first-order valence-corrected chi connectivity index (χ1v) is 6.50. The van der Waals surface area contributed by atoms with Crippen LogP contribution in [0.4, 0.5) is 5.69 Å². The second-order valence-corrected chi connectivity index (χ2v) is 4.92. The highest BCUT2D eigenvalue weighted by Crippen LogP contribution is 2.23. The van der Waals surface area contributed by atoms with Gasteiger partial charge in [-0.1, -0.05) is 28.1 Å². The van der Waals surface area contributed by atoms with Crippen LogP contribution in [0.3, 0.4) is 0 Å². The van der Waals surface area contributed by atoms with Crippen LogP contribution in [0.5, 0.6) is 5.88 Å². The van der Waals surface area contributed by atoms with Crippen molar-refractivity contribution >= 4 is 21.6 Å². The van der Waals surface area contributed by atoms with E-state index in [9.17, 15) is 0 Å². The second kappa shape index (κ2) is 5.87. The van der Waals surface area contributed by atoms with Crippen molar-refractivity contribution in [3.8, 4) is 5.88 Å². The van der Waals surface area contributed by atoms with Crippen molar-refractivity contribution in [1.29, 1.82) is 0 Å². The smallest absolute Gasteiger partial charge is 0.214 e. The SMILES string of the molecule is COc1cc(NC(C)c2cccc(Br)c2)ccn1. The predicted octanol–water partition coefficient (Wildman–Crippen LogP) is 4.03. The predicted molar refractivity (Wildman–Crippen MR) is 77.0 cm³/mol. The molecule has 0 bridgehead atoms. The van der Waals surface area contributed by atoms with Gasteiger partial charge in [-0.2, -0.15) is 0 Å². The largest absolute Gasteiger partial charge is 0.481 e. The van der Waals surface area contributed by atoms with Gasteiger partial charge in [0.05, 0.1) is 7.11 Å². The molecule has 2 aromatic rings. The molecule has 1 aromatic carbocycles. The monoisotopic (exact) mass is 306 g/mol. The van der Waals surface area contributed by atoms with Crippen LogP contribution in [0.1, 0.15) is 18.5 Å². The first-order chi connectivity index (χ1) is 8.69. The molecule has 0 spiro atoms. The van der Waals surface area contributed by atoms with Crippen LogP contribution in [0, 0.1) is 0 Å². The van der Waals surface area contributed by atoms with E-state index in [1.54, 1.807) is 13.3 Å². The molecule has 1 unspecified atom stereocenters. The Hall–Kier alpha value is -1.55. The Morgan fingerprint density at radius 1 is 1.28 bits per heavy atom. The zero-order valence-electron chi connectivity index (χ0n) is 10.4. The minimum Gasteiger partial charge on any atom is -0.481 e. The summed E-state index contributed by atoms with van der Waals surface area (Å²) in [4.78, 5) is 4.08. The van der Waals surface area contributed by atoms with Gasteiger partial charge < -0.3 is 10.1 Å². The fraction of sp³-hybridized carbons (Fsp3) is 0.214. The summed E-state index contributed by atoms with van der Waals surface area (Å²) in [5.74, 6) is 0.612. The van der Waals surface area contributed by atoms with Gasteiger partial charge in [0.1, 0.15) is 0 Å². The third-order valence-electron chi connectivity index (χ3n) is 2.68. The van der Waals surface area contributed by atoms with E-state index in [1.165, 1.54) is 5.56 Å². The average Bonchev–Trinajstić information content (AvgIpc) is 2.39. The molecule has 0 fully saturated rings. The number of methoxy groups -OCH3 is 1. The molecule has 0 aliphatic carbocycles. The first-order valence-electron chi connectivity index (χ1n) is 5.71. The van der Waals surface area contributed by atoms with Crippen LogP contribution >= 0.6 is 15.9 Å². The van der Waals surface area contributed by atoms with Gasteiger partial charge in [-0.05, 0) is 30.7 Å². The van der Waals surface area contributed by atoms with Crippen LogP contribution < -0.4 is 10.1 Å². The number of benzene rings is 1. The number of hydrogen-bond acceptors (Lipinski definition) is 3. The summed E-state index contributed by atoms with van der Waals surface area (Å²) in [7, 11) is 1.61. The molecular weight excluding hydrogens is 292 g/mol. The van der Waals surface area contributed by atoms with Gasteiger partial charge in [0.2, 0.25) is 5.88 Å². The average molecular weight is 307 g/mol.